The number of carbonyl (C=O) groups excluding carboxylic acids is 2. The van der Waals surface area contributed by atoms with E-state index in [0.717, 1.165) is 11.8 Å². The van der Waals surface area contributed by atoms with E-state index in [1.54, 1.807) is 36.4 Å². The Morgan fingerprint density at radius 1 is 1.20 bits per heavy atom. The van der Waals surface area contributed by atoms with E-state index in [1.165, 1.54) is 20.0 Å². The number of carbonyl (C=O) groups is 2. The SMILES string of the molecule is CNC(=O)c1ccccc1Sc1ccc(COC(C)=O)cc1[N+](=O)[O-]. The highest BCUT2D eigenvalue weighted by molar-refractivity contribution is 7.99. The molecule has 0 aromatic heterocycles. The molecule has 0 aliphatic rings. The average molecular weight is 360 g/mol. The van der Waals surface area contributed by atoms with Crippen molar-refractivity contribution in [1.29, 1.82) is 0 Å². The molecule has 0 saturated carbocycles. The van der Waals surface area contributed by atoms with E-state index < -0.39 is 10.9 Å². The monoisotopic (exact) mass is 360 g/mol. The summed E-state index contributed by atoms with van der Waals surface area (Å²) in [6, 6.07) is 11.5. The van der Waals surface area contributed by atoms with E-state index in [9.17, 15) is 19.7 Å². The predicted octanol–water partition coefficient (Wildman–Crippen LogP) is 3.17. The summed E-state index contributed by atoms with van der Waals surface area (Å²) < 4.78 is 4.86. The van der Waals surface area contributed by atoms with Crippen molar-refractivity contribution in [3.63, 3.8) is 0 Å². The molecule has 0 radical (unpaired) electrons. The van der Waals surface area contributed by atoms with Crippen molar-refractivity contribution >= 4 is 29.3 Å². The molecule has 2 rings (SSSR count). The quantitative estimate of drug-likeness (QED) is 0.483. The first-order valence-electron chi connectivity index (χ1n) is 7.32. The number of ether oxygens (including phenoxy) is 1. The third kappa shape index (κ3) is 4.80. The number of nitrogens with zero attached hydrogens (tertiary/aromatic N) is 1. The second kappa shape index (κ2) is 8.29. The van der Waals surface area contributed by atoms with Gasteiger partial charge in [-0.15, -0.1) is 0 Å². The fourth-order valence-corrected chi connectivity index (χ4v) is 3.09. The number of hydrogen-bond acceptors (Lipinski definition) is 6. The van der Waals surface area contributed by atoms with E-state index in [-0.39, 0.29) is 18.2 Å². The molecule has 2 aromatic rings. The zero-order valence-electron chi connectivity index (χ0n) is 13.6. The number of nitro groups is 1. The molecule has 130 valence electrons. The molecule has 0 fully saturated rings. The molecular weight excluding hydrogens is 344 g/mol. The number of benzene rings is 2. The van der Waals surface area contributed by atoms with Gasteiger partial charge in [0, 0.05) is 24.9 Å². The van der Waals surface area contributed by atoms with E-state index in [2.05, 4.69) is 5.32 Å². The van der Waals surface area contributed by atoms with Crippen LogP contribution in [0.15, 0.2) is 52.3 Å². The molecule has 1 amide bonds. The normalized spacial score (nSPS) is 10.2. The number of amides is 1. The van der Waals surface area contributed by atoms with E-state index >= 15 is 0 Å². The Morgan fingerprint density at radius 3 is 2.56 bits per heavy atom. The maximum atomic E-state index is 11.9. The second-order valence-electron chi connectivity index (χ2n) is 5.02. The summed E-state index contributed by atoms with van der Waals surface area (Å²) in [6.45, 7) is 1.24. The minimum Gasteiger partial charge on any atom is -0.461 e. The van der Waals surface area contributed by atoms with E-state index in [4.69, 9.17) is 4.74 Å². The van der Waals surface area contributed by atoms with Gasteiger partial charge in [-0.2, -0.15) is 0 Å². The number of rotatable bonds is 6. The van der Waals surface area contributed by atoms with Crippen molar-refractivity contribution in [2.75, 3.05) is 7.05 Å². The molecule has 7 nitrogen and oxygen atoms in total. The standard InChI is InChI=1S/C17H16N2O5S/c1-11(20)24-10-12-7-8-16(14(9-12)19(22)23)25-15-6-4-3-5-13(15)17(21)18-2/h3-9H,10H2,1-2H3,(H,18,21). The topological polar surface area (TPSA) is 98.5 Å². The maximum absolute atomic E-state index is 11.9. The first-order valence-corrected chi connectivity index (χ1v) is 8.13. The molecule has 0 atom stereocenters. The number of esters is 1. The van der Waals surface area contributed by atoms with Gasteiger partial charge in [0.15, 0.2) is 0 Å². The van der Waals surface area contributed by atoms with Crippen LogP contribution >= 0.6 is 11.8 Å². The van der Waals surface area contributed by atoms with Gasteiger partial charge < -0.3 is 10.1 Å². The van der Waals surface area contributed by atoms with Gasteiger partial charge in [0.05, 0.1) is 15.4 Å². The number of nitrogens with one attached hydrogen (secondary N) is 1. The van der Waals surface area contributed by atoms with Gasteiger partial charge in [-0.3, -0.25) is 19.7 Å². The molecular formula is C17H16N2O5S. The lowest BCUT2D eigenvalue weighted by Crippen LogP contribution is -2.18. The Balaban J connectivity index is 2.35. The summed E-state index contributed by atoms with van der Waals surface area (Å²) in [5, 5.41) is 13.9. The lowest BCUT2D eigenvalue weighted by molar-refractivity contribution is -0.387. The highest BCUT2D eigenvalue weighted by Gasteiger charge is 2.19. The molecule has 8 heteroatoms. The van der Waals surface area contributed by atoms with Gasteiger partial charge in [-0.1, -0.05) is 30.0 Å². The minimum atomic E-state index is -0.498. The summed E-state index contributed by atoms with van der Waals surface area (Å²) in [5.41, 5.74) is 0.848. The second-order valence-corrected chi connectivity index (χ2v) is 6.10. The fourth-order valence-electron chi connectivity index (χ4n) is 2.06. The van der Waals surface area contributed by atoms with Gasteiger partial charge >= 0.3 is 5.97 Å². The molecule has 2 aromatic carbocycles. The maximum Gasteiger partial charge on any atom is 0.302 e. The largest absolute Gasteiger partial charge is 0.461 e. The van der Waals surface area contributed by atoms with Crippen LogP contribution in [0.25, 0.3) is 0 Å². The van der Waals surface area contributed by atoms with Crippen LogP contribution in [0.4, 0.5) is 5.69 Å². The van der Waals surface area contributed by atoms with Crippen LogP contribution in [0.2, 0.25) is 0 Å². The predicted molar refractivity (Wildman–Crippen MR) is 92.5 cm³/mol. The van der Waals surface area contributed by atoms with E-state index in [0.29, 0.717) is 20.9 Å². The number of nitro benzene ring substituents is 1. The summed E-state index contributed by atoms with van der Waals surface area (Å²) >= 11 is 1.14. The van der Waals surface area contributed by atoms with Gasteiger partial charge in [-0.25, -0.2) is 0 Å². The molecule has 0 saturated heterocycles. The van der Waals surface area contributed by atoms with Crippen molar-refractivity contribution in [3.05, 3.63) is 63.7 Å². The summed E-state index contributed by atoms with van der Waals surface area (Å²) in [6.07, 6.45) is 0. The van der Waals surface area contributed by atoms with Crippen LogP contribution in [0.5, 0.6) is 0 Å². The van der Waals surface area contributed by atoms with Crippen molar-refractivity contribution in [1.82, 2.24) is 5.32 Å². The van der Waals surface area contributed by atoms with Crippen LogP contribution in [-0.2, 0) is 16.1 Å². The molecule has 0 unspecified atom stereocenters. The Bertz CT molecular complexity index is 822. The van der Waals surface area contributed by atoms with Crippen molar-refractivity contribution in [2.24, 2.45) is 0 Å². The van der Waals surface area contributed by atoms with Gasteiger partial charge in [-0.05, 0) is 23.8 Å². The van der Waals surface area contributed by atoms with Crippen LogP contribution in [0, 0.1) is 10.1 Å². The summed E-state index contributed by atoms with van der Waals surface area (Å²) in [4.78, 5) is 34.7. The lowest BCUT2D eigenvalue weighted by atomic mass is 10.2. The molecule has 0 heterocycles. The van der Waals surface area contributed by atoms with Crippen LogP contribution in [-0.4, -0.2) is 23.8 Å². The van der Waals surface area contributed by atoms with E-state index in [1.807, 2.05) is 0 Å². The first kappa shape index (κ1) is 18.5. The van der Waals surface area contributed by atoms with Gasteiger partial charge in [0.2, 0.25) is 0 Å². The van der Waals surface area contributed by atoms with Crippen molar-refractivity contribution in [2.45, 2.75) is 23.3 Å². The zero-order chi connectivity index (χ0) is 18.4. The molecule has 0 aliphatic heterocycles. The smallest absolute Gasteiger partial charge is 0.302 e. The first-order chi connectivity index (χ1) is 11.9. The Kier molecular flexibility index (Phi) is 6.13. The van der Waals surface area contributed by atoms with Crippen LogP contribution in [0.1, 0.15) is 22.8 Å². The third-order valence-corrected chi connectivity index (χ3v) is 4.38. The highest BCUT2D eigenvalue weighted by Crippen LogP contribution is 2.37. The molecule has 1 N–H and O–H groups in total. The molecule has 0 aliphatic carbocycles. The van der Waals surface area contributed by atoms with Crippen LogP contribution in [0.3, 0.4) is 0 Å². The van der Waals surface area contributed by atoms with Crippen molar-refractivity contribution < 1.29 is 19.2 Å². The summed E-state index contributed by atoms with van der Waals surface area (Å²) in [7, 11) is 1.52. The van der Waals surface area contributed by atoms with Crippen LogP contribution < -0.4 is 5.32 Å². The fraction of sp³-hybridized carbons (Fsp3) is 0.176. The highest BCUT2D eigenvalue weighted by atomic mass is 32.2. The Hall–Kier alpha value is -2.87. The Morgan fingerprint density at radius 2 is 1.92 bits per heavy atom. The minimum absolute atomic E-state index is 0.0318. The Labute approximate surface area is 148 Å². The molecule has 0 bridgehead atoms. The average Bonchev–Trinajstić information content (AvgIpc) is 2.60. The third-order valence-electron chi connectivity index (χ3n) is 3.24. The van der Waals surface area contributed by atoms with Gasteiger partial charge in [0.1, 0.15) is 6.61 Å². The lowest BCUT2D eigenvalue weighted by Gasteiger charge is -2.09. The van der Waals surface area contributed by atoms with Gasteiger partial charge in [0.25, 0.3) is 11.6 Å². The molecule has 25 heavy (non-hydrogen) atoms. The number of hydrogen-bond donors (Lipinski definition) is 1. The molecule has 0 spiro atoms. The van der Waals surface area contributed by atoms with Crippen molar-refractivity contribution in [3.8, 4) is 0 Å². The summed E-state index contributed by atoms with van der Waals surface area (Å²) in [5.74, 6) is -0.724. The zero-order valence-corrected chi connectivity index (χ0v) is 14.5.